The number of methoxy groups -OCH3 is 1. The van der Waals surface area contributed by atoms with Crippen LogP contribution in [-0.4, -0.2) is 25.9 Å². The molecule has 1 aliphatic carbocycles. The smallest absolute Gasteiger partial charge is 0.306 e. The molecule has 1 aromatic rings. The van der Waals surface area contributed by atoms with E-state index >= 15 is 0 Å². The summed E-state index contributed by atoms with van der Waals surface area (Å²) >= 11 is 5.40. The average Bonchev–Trinajstić information content (AvgIpc) is 3.24. The van der Waals surface area contributed by atoms with Crippen LogP contribution in [-0.2, 0) is 9.53 Å². The molecule has 0 bridgehead atoms. The van der Waals surface area contributed by atoms with Crippen molar-refractivity contribution in [2.45, 2.75) is 37.1 Å². The molecule has 0 heterocycles. The Morgan fingerprint density at radius 2 is 2.24 bits per heavy atom. The van der Waals surface area contributed by atoms with Crippen molar-refractivity contribution in [3.8, 4) is 0 Å². The minimum absolute atomic E-state index is 0.0915. The highest BCUT2D eigenvalue weighted by atomic mass is 79.9. The second kappa shape index (κ2) is 7.16. The van der Waals surface area contributed by atoms with E-state index in [1.807, 2.05) is 18.8 Å². The summed E-state index contributed by atoms with van der Waals surface area (Å²) in [5.74, 6) is 0.883. The third kappa shape index (κ3) is 4.47. The number of thioether (sulfide) groups is 1. The molecule has 0 aliphatic heterocycles. The lowest BCUT2D eigenvalue weighted by molar-refractivity contribution is -0.141. The first-order valence-electron chi connectivity index (χ1n) is 7.16. The standard InChI is InChI=1S/C16H22BrNO2S/c1-11(18-2)13-5-4-12(17)8-14(13)21-10-16(6-7-16)9-15(19)20-3/h4-5,8,11,18H,6-7,9-10H2,1-3H3. The second-order valence-corrected chi connectivity index (χ2v) is 7.67. The van der Waals surface area contributed by atoms with Gasteiger partial charge in [-0.2, -0.15) is 0 Å². The minimum Gasteiger partial charge on any atom is -0.469 e. The lowest BCUT2D eigenvalue weighted by Crippen LogP contribution is -2.15. The lowest BCUT2D eigenvalue weighted by atomic mass is 10.1. The van der Waals surface area contributed by atoms with E-state index in [1.54, 1.807) is 0 Å². The van der Waals surface area contributed by atoms with Crippen molar-refractivity contribution in [3.63, 3.8) is 0 Å². The monoisotopic (exact) mass is 371 g/mol. The van der Waals surface area contributed by atoms with Gasteiger partial charge < -0.3 is 10.1 Å². The number of carbonyl (C=O) groups excluding carboxylic acids is 1. The van der Waals surface area contributed by atoms with Gasteiger partial charge in [0, 0.05) is 21.2 Å². The highest BCUT2D eigenvalue weighted by Crippen LogP contribution is 2.52. The van der Waals surface area contributed by atoms with Gasteiger partial charge in [-0.05, 0) is 49.9 Å². The first kappa shape index (κ1) is 16.8. The maximum Gasteiger partial charge on any atom is 0.306 e. The zero-order chi connectivity index (χ0) is 15.5. The van der Waals surface area contributed by atoms with E-state index in [4.69, 9.17) is 4.74 Å². The Labute approximate surface area is 139 Å². The summed E-state index contributed by atoms with van der Waals surface area (Å²) in [5, 5.41) is 3.29. The molecule has 1 aromatic carbocycles. The quantitative estimate of drug-likeness (QED) is 0.576. The van der Waals surface area contributed by atoms with Gasteiger partial charge in [-0.3, -0.25) is 4.79 Å². The first-order valence-corrected chi connectivity index (χ1v) is 8.94. The van der Waals surface area contributed by atoms with Crippen LogP contribution in [0.1, 0.15) is 37.8 Å². The number of nitrogens with one attached hydrogen (secondary N) is 1. The molecule has 1 N–H and O–H groups in total. The Hall–Kier alpha value is -0.520. The third-order valence-corrected chi connectivity index (χ3v) is 6.03. The number of benzene rings is 1. The normalized spacial score (nSPS) is 17.3. The molecule has 0 spiro atoms. The predicted octanol–water partition coefficient (Wildman–Crippen LogP) is 4.16. The van der Waals surface area contributed by atoms with E-state index < -0.39 is 0 Å². The van der Waals surface area contributed by atoms with Gasteiger partial charge in [0.2, 0.25) is 0 Å². The summed E-state index contributed by atoms with van der Waals surface area (Å²) in [6, 6.07) is 6.72. The topological polar surface area (TPSA) is 38.3 Å². The van der Waals surface area contributed by atoms with E-state index in [1.165, 1.54) is 17.6 Å². The largest absolute Gasteiger partial charge is 0.469 e. The summed E-state index contributed by atoms with van der Waals surface area (Å²) in [7, 11) is 3.44. The fraction of sp³-hybridized carbons (Fsp3) is 0.562. The Bertz CT molecular complexity index is 517. The number of esters is 1. The van der Waals surface area contributed by atoms with Gasteiger partial charge in [-0.25, -0.2) is 0 Å². The van der Waals surface area contributed by atoms with Crippen LogP contribution < -0.4 is 5.32 Å². The Balaban J connectivity index is 2.06. The highest BCUT2D eigenvalue weighted by molar-refractivity contribution is 9.10. The van der Waals surface area contributed by atoms with E-state index in [0.29, 0.717) is 12.5 Å². The van der Waals surface area contributed by atoms with E-state index in [9.17, 15) is 4.79 Å². The molecule has 1 saturated carbocycles. The van der Waals surface area contributed by atoms with Gasteiger partial charge in [0.25, 0.3) is 0 Å². The summed E-state index contributed by atoms with van der Waals surface area (Å²) in [4.78, 5) is 12.8. The first-order chi connectivity index (χ1) is 9.99. The summed E-state index contributed by atoms with van der Waals surface area (Å²) in [5.41, 5.74) is 1.46. The van der Waals surface area contributed by atoms with Gasteiger partial charge in [-0.1, -0.05) is 22.0 Å². The van der Waals surface area contributed by atoms with Crippen LogP contribution in [0.25, 0.3) is 0 Å². The molecule has 1 fully saturated rings. The minimum atomic E-state index is -0.0915. The zero-order valence-corrected chi connectivity index (χ0v) is 15.1. The molecule has 0 amide bonds. The molecule has 1 unspecified atom stereocenters. The third-order valence-electron chi connectivity index (χ3n) is 4.11. The van der Waals surface area contributed by atoms with Crippen molar-refractivity contribution in [1.82, 2.24) is 5.32 Å². The number of halogens is 1. The second-order valence-electron chi connectivity index (χ2n) is 5.73. The van der Waals surface area contributed by atoms with E-state index in [0.717, 1.165) is 23.1 Å². The van der Waals surface area contributed by atoms with Crippen molar-refractivity contribution < 1.29 is 9.53 Å². The number of carbonyl (C=O) groups is 1. The van der Waals surface area contributed by atoms with Gasteiger partial charge >= 0.3 is 5.97 Å². The van der Waals surface area contributed by atoms with E-state index in [2.05, 4.69) is 46.4 Å². The van der Waals surface area contributed by atoms with Crippen LogP contribution in [0.5, 0.6) is 0 Å². The van der Waals surface area contributed by atoms with Crippen LogP contribution in [0.3, 0.4) is 0 Å². The van der Waals surface area contributed by atoms with Crippen LogP contribution in [0, 0.1) is 5.41 Å². The molecule has 5 heteroatoms. The Kier molecular flexibility index (Phi) is 5.74. The predicted molar refractivity (Wildman–Crippen MR) is 90.6 cm³/mol. The fourth-order valence-electron chi connectivity index (χ4n) is 2.30. The fourth-order valence-corrected chi connectivity index (χ4v) is 4.29. The van der Waals surface area contributed by atoms with Crippen molar-refractivity contribution >= 4 is 33.7 Å². The number of hydrogen-bond acceptors (Lipinski definition) is 4. The number of hydrogen-bond donors (Lipinski definition) is 1. The molecule has 2 rings (SSSR count). The zero-order valence-electron chi connectivity index (χ0n) is 12.7. The van der Waals surface area contributed by atoms with Gasteiger partial charge in [-0.15, -0.1) is 11.8 Å². The van der Waals surface area contributed by atoms with Crippen LogP contribution in [0.2, 0.25) is 0 Å². The molecule has 1 atom stereocenters. The molecule has 3 nitrogen and oxygen atoms in total. The maximum atomic E-state index is 11.5. The van der Waals surface area contributed by atoms with Crippen molar-refractivity contribution in [2.75, 3.05) is 19.9 Å². The molecular formula is C16H22BrNO2S. The van der Waals surface area contributed by atoms with Crippen molar-refractivity contribution in [1.29, 1.82) is 0 Å². The molecule has 116 valence electrons. The Morgan fingerprint density at radius 3 is 2.81 bits per heavy atom. The van der Waals surface area contributed by atoms with Gasteiger partial charge in [0.15, 0.2) is 0 Å². The highest BCUT2D eigenvalue weighted by Gasteiger charge is 2.44. The molecular weight excluding hydrogens is 350 g/mol. The van der Waals surface area contributed by atoms with Crippen molar-refractivity contribution in [3.05, 3.63) is 28.2 Å². The molecule has 21 heavy (non-hydrogen) atoms. The average molecular weight is 372 g/mol. The SMILES string of the molecule is CNC(C)c1ccc(Br)cc1SCC1(CC(=O)OC)CC1. The number of rotatable bonds is 7. The summed E-state index contributed by atoms with van der Waals surface area (Å²) in [6.45, 7) is 2.16. The van der Waals surface area contributed by atoms with E-state index in [-0.39, 0.29) is 11.4 Å². The summed E-state index contributed by atoms with van der Waals surface area (Å²) in [6.07, 6.45) is 2.79. The van der Waals surface area contributed by atoms with Gasteiger partial charge in [0.1, 0.15) is 0 Å². The molecule has 1 aliphatic rings. The molecule has 0 aromatic heterocycles. The molecule has 0 saturated heterocycles. The molecule has 0 radical (unpaired) electrons. The van der Waals surface area contributed by atoms with Crippen LogP contribution >= 0.6 is 27.7 Å². The van der Waals surface area contributed by atoms with Crippen LogP contribution in [0.4, 0.5) is 0 Å². The maximum absolute atomic E-state index is 11.5. The summed E-state index contributed by atoms with van der Waals surface area (Å²) < 4.78 is 5.90. The van der Waals surface area contributed by atoms with Gasteiger partial charge in [0.05, 0.1) is 13.5 Å². The Morgan fingerprint density at radius 1 is 1.52 bits per heavy atom. The van der Waals surface area contributed by atoms with Crippen LogP contribution in [0.15, 0.2) is 27.6 Å². The lowest BCUT2D eigenvalue weighted by Gasteiger charge is -2.18. The number of ether oxygens (including phenoxy) is 1. The van der Waals surface area contributed by atoms with Crippen molar-refractivity contribution in [2.24, 2.45) is 5.41 Å².